The maximum atomic E-state index is 12.0. The highest BCUT2D eigenvalue weighted by Crippen LogP contribution is 2.29. The predicted octanol–water partition coefficient (Wildman–Crippen LogP) is 2.43. The first-order valence-electron chi connectivity index (χ1n) is 6.61. The molecule has 1 aliphatic rings. The molecule has 1 heterocycles. The van der Waals surface area contributed by atoms with E-state index in [1.54, 1.807) is 6.92 Å². The number of hydrogen-bond acceptors (Lipinski definition) is 3. The number of fused-ring (bicyclic) bond motifs is 1. The molecule has 0 fully saturated rings. The van der Waals surface area contributed by atoms with Crippen molar-refractivity contribution >= 4 is 5.71 Å². The molecule has 2 N–H and O–H groups in total. The van der Waals surface area contributed by atoms with Gasteiger partial charge in [-0.3, -0.25) is 9.78 Å². The minimum absolute atomic E-state index is 0.186. The van der Waals surface area contributed by atoms with E-state index in [0.29, 0.717) is 23.8 Å². The van der Waals surface area contributed by atoms with Gasteiger partial charge in [0.25, 0.3) is 5.56 Å². The lowest BCUT2D eigenvalue weighted by Crippen LogP contribution is -2.24. The van der Waals surface area contributed by atoms with Gasteiger partial charge >= 0.3 is 0 Å². The van der Waals surface area contributed by atoms with Crippen molar-refractivity contribution in [3.05, 3.63) is 27.0 Å². The van der Waals surface area contributed by atoms with Crippen molar-refractivity contribution in [3.8, 4) is 5.88 Å². The summed E-state index contributed by atoms with van der Waals surface area (Å²) in [6, 6.07) is 0. The summed E-state index contributed by atoms with van der Waals surface area (Å²) in [7, 11) is 0. The lowest BCUT2D eigenvalue weighted by atomic mass is 9.88. The zero-order valence-corrected chi connectivity index (χ0v) is 11.1. The van der Waals surface area contributed by atoms with Crippen molar-refractivity contribution in [1.29, 1.82) is 5.41 Å². The van der Waals surface area contributed by atoms with E-state index in [1.807, 2.05) is 6.92 Å². The quantitative estimate of drug-likeness (QED) is 0.804. The summed E-state index contributed by atoms with van der Waals surface area (Å²) in [6.45, 7) is 4.33. The zero-order chi connectivity index (χ0) is 13.1. The van der Waals surface area contributed by atoms with Crippen molar-refractivity contribution < 1.29 is 4.74 Å². The summed E-state index contributed by atoms with van der Waals surface area (Å²) in [5, 5.41) is 7.76. The molecule has 0 unspecified atom stereocenters. The van der Waals surface area contributed by atoms with Gasteiger partial charge < -0.3 is 10.1 Å². The first-order valence-corrected chi connectivity index (χ1v) is 6.61. The summed E-state index contributed by atoms with van der Waals surface area (Å²) in [6.07, 6.45) is 4.95. The molecule has 0 aliphatic heterocycles. The van der Waals surface area contributed by atoms with Crippen LogP contribution in [0.1, 0.15) is 49.8 Å². The molecule has 0 bridgehead atoms. The second-order valence-electron chi connectivity index (χ2n) is 4.80. The van der Waals surface area contributed by atoms with E-state index in [1.165, 1.54) is 0 Å². The molecule has 1 aliphatic carbocycles. The lowest BCUT2D eigenvalue weighted by Gasteiger charge is -2.21. The summed E-state index contributed by atoms with van der Waals surface area (Å²) in [4.78, 5) is 14.8. The maximum Gasteiger partial charge on any atom is 0.260 e. The van der Waals surface area contributed by atoms with E-state index in [0.717, 1.165) is 43.2 Å². The first kappa shape index (κ1) is 12.9. The van der Waals surface area contributed by atoms with Crippen molar-refractivity contribution in [2.24, 2.45) is 0 Å². The molecule has 0 amide bonds. The number of aromatic amines is 1. The highest BCUT2D eigenvalue weighted by Gasteiger charge is 2.21. The van der Waals surface area contributed by atoms with Crippen LogP contribution in [0.3, 0.4) is 0 Å². The number of aromatic nitrogens is 1. The standard InChI is InChI=1S/C14H20N2O2/c1-3-8-18-14-11-7-5-4-6-10(11)12(9(2)15)13(17)16-14/h15H,3-8H2,1-2H3,(H,16,17). The minimum atomic E-state index is -0.186. The minimum Gasteiger partial charge on any atom is -0.479 e. The Kier molecular flexibility index (Phi) is 3.84. The number of nitrogens with one attached hydrogen (secondary N) is 2. The lowest BCUT2D eigenvalue weighted by molar-refractivity contribution is 0.299. The summed E-state index contributed by atoms with van der Waals surface area (Å²) < 4.78 is 5.64. The molecule has 4 nitrogen and oxygen atoms in total. The van der Waals surface area contributed by atoms with Crippen LogP contribution in [0, 0.1) is 5.41 Å². The summed E-state index contributed by atoms with van der Waals surface area (Å²) >= 11 is 0. The number of rotatable bonds is 4. The van der Waals surface area contributed by atoms with Gasteiger partial charge in [0.15, 0.2) is 5.88 Å². The third kappa shape index (κ3) is 2.33. The van der Waals surface area contributed by atoms with Gasteiger partial charge in [-0.25, -0.2) is 0 Å². The number of ether oxygens (including phenoxy) is 1. The molecular formula is C14H20N2O2. The highest BCUT2D eigenvalue weighted by molar-refractivity contribution is 5.97. The van der Waals surface area contributed by atoms with Gasteiger partial charge in [0.1, 0.15) is 0 Å². The number of pyridine rings is 1. The van der Waals surface area contributed by atoms with E-state index in [9.17, 15) is 4.79 Å². The van der Waals surface area contributed by atoms with E-state index in [-0.39, 0.29) is 5.56 Å². The molecular weight excluding hydrogens is 228 g/mol. The fraction of sp³-hybridized carbons (Fsp3) is 0.571. The smallest absolute Gasteiger partial charge is 0.260 e. The molecule has 0 spiro atoms. The Morgan fingerprint density at radius 1 is 1.33 bits per heavy atom. The molecule has 98 valence electrons. The normalized spacial score (nSPS) is 14.1. The van der Waals surface area contributed by atoms with Gasteiger partial charge in [-0.05, 0) is 44.6 Å². The average molecular weight is 248 g/mol. The number of H-pyrrole nitrogens is 1. The van der Waals surface area contributed by atoms with Gasteiger partial charge in [-0.1, -0.05) is 6.92 Å². The molecule has 0 aromatic carbocycles. The average Bonchev–Trinajstić information content (AvgIpc) is 2.35. The van der Waals surface area contributed by atoms with Gasteiger partial charge in [0.2, 0.25) is 0 Å². The highest BCUT2D eigenvalue weighted by atomic mass is 16.5. The van der Waals surface area contributed by atoms with Crippen LogP contribution in [-0.4, -0.2) is 17.3 Å². The van der Waals surface area contributed by atoms with E-state index in [4.69, 9.17) is 10.1 Å². The van der Waals surface area contributed by atoms with Gasteiger partial charge in [-0.15, -0.1) is 0 Å². The largest absolute Gasteiger partial charge is 0.479 e. The molecule has 0 saturated heterocycles. The molecule has 0 radical (unpaired) electrons. The monoisotopic (exact) mass is 248 g/mol. The van der Waals surface area contributed by atoms with Crippen molar-refractivity contribution in [3.63, 3.8) is 0 Å². The van der Waals surface area contributed by atoms with Crippen LogP contribution in [0.5, 0.6) is 5.88 Å². The Labute approximate surface area is 107 Å². The van der Waals surface area contributed by atoms with E-state index in [2.05, 4.69) is 4.98 Å². The van der Waals surface area contributed by atoms with Gasteiger partial charge in [-0.2, -0.15) is 0 Å². The molecule has 0 saturated carbocycles. The fourth-order valence-electron chi connectivity index (χ4n) is 2.53. The third-order valence-corrected chi connectivity index (χ3v) is 3.32. The van der Waals surface area contributed by atoms with Crippen LogP contribution in [0.15, 0.2) is 4.79 Å². The summed E-state index contributed by atoms with van der Waals surface area (Å²) in [5.41, 5.74) is 2.85. The molecule has 1 aromatic rings. The molecule has 1 aromatic heterocycles. The summed E-state index contributed by atoms with van der Waals surface area (Å²) in [5.74, 6) is 0.626. The van der Waals surface area contributed by atoms with Crippen LogP contribution in [0.25, 0.3) is 0 Å². The van der Waals surface area contributed by atoms with Crippen LogP contribution in [0.2, 0.25) is 0 Å². The van der Waals surface area contributed by atoms with Crippen LogP contribution < -0.4 is 10.3 Å². The van der Waals surface area contributed by atoms with Gasteiger partial charge in [0, 0.05) is 11.3 Å². The first-order chi connectivity index (χ1) is 8.65. The molecule has 2 rings (SSSR count). The SMILES string of the molecule is CCCOc1[nH]c(=O)c(C(C)=N)c2c1CCCC2. The van der Waals surface area contributed by atoms with E-state index < -0.39 is 0 Å². The van der Waals surface area contributed by atoms with Crippen molar-refractivity contribution in [2.75, 3.05) is 6.61 Å². The van der Waals surface area contributed by atoms with Crippen molar-refractivity contribution in [2.45, 2.75) is 46.0 Å². The molecule has 4 heteroatoms. The van der Waals surface area contributed by atoms with Crippen LogP contribution in [-0.2, 0) is 12.8 Å². The van der Waals surface area contributed by atoms with Crippen LogP contribution >= 0.6 is 0 Å². The Morgan fingerprint density at radius 3 is 2.61 bits per heavy atom. The maximum absolute atomic E-state index is 12.0. The molecule has 18 heavy (non-hydrogen) atoms. The van der Waals surface area contributed by atoms with Gasteiger partial charge in [0.05, 0.1) is 12.2 Å². The second kappa shape index (κ2) is 5.38. The predicted molar refractivity (Wildman–Crippen MR) is 72.0 cm³/mol. The Balaban J connectivity index is 2.54. The fourth-order valence-corrected chi connectivity index (χ4v) is 2.53. The van der Waals surface area contributed by atoms with Crippen molar-refractivity contribution in [1.82, 2.24) is 4.98 Å². The van der Waals surface area contributed by atoms with E-state index >= 15 is 0 Å². The topological polar surface area (TPSA) is 65.9 Å². The molecule has 0 atom stereocenters. The Hall–Kier alpha value is -1.58. The number of hydrogen-bond donors (Lipinski definition) is 2. The Morgan fingerprint density at radius 2 is 2.00 bits per heavy atom. The second-order valence-corrected chi connectivity index (χ2v) is 4.80. The third-order valence-electron chi connectivity index (χ3n) is 3.32. The van der Waals surface area contributed by atoms with Crippen LogP contribution in [0.4, 0.5) is 0 Å². The Bertz CT molecular complexity index is 517. The zero-order valence-electron chi connectivity index (χ0n) is 11.1.